The molecular formula is C16H20FN3O3. The maximum Gasteiger partial charge on any atom is 0.242 e. The van der Waals surface area contributed by atoms with E-state index in [-0.39, 0.29) is 43.1 Å². The van der Waals surface area contributed by atoms with Gasteiger partial charge in [0.25, 0.3) is 0 Å². The molecule has 0 spiro atoms. The van der Waals surface area contributed by atoms with E-state index in [9.17, 15) is 18.8 Å². The lowest BCUT2D eigenvalue weighted by Crippen LogP contribution is -2.54. The summed E-state index contributed by atoms with van der Waals surface area (Å²) in [6.45, 7) is 2.41. The number of amides is 3. The van der Waals surface area contributed by atoms with Crippen molar-refractivity contribution in [3.63, 3.8) is 0 Å². The molecule has 1 atom stereocenters. The Morgan fingerprint density at radius 2 is 1.91 bits per heavy atom. The van der Waals surface area contributed by atoms with Gasteiger partial charge < -0.3 is 15.5 Å². The maximum atomic E-state index is 12.9. The van der Waals surface area contributed by atoms with Crippen LogP contribution in [0.25, 0.3) is 0 Å². The van der Waals surface area contributed by atoms with Gasteiger partial charge in [0.2, 0.25) is 17.7 Å². The van der Waals surface area contributed by atoms with E-state index in [1.807, 2.05) is 6.92 Å². The van der Waals surface area contributed by atoms with Crippen LogP contribution in [0.5, 0.6) is 0 Å². The SMILES string of the molecule is CC(CC(=O)N1CCN(CC(N)=O)C(=O)C1)c1ccc(F)cc1. The molecule has 1 aliphatic heterocycles. The van der Waals surface area contributed by atoms with Crippen molar-refractivity contribution in [1.82, 2.24) is 9.80 Å². The summed E-state index contributed by atoms with van der Waals surface area (Å²) in [5.41, 5.74) is 5.95. The number of carbonyl (C=O) groups is 3. The number of benzene rings is 1. The number of nitrogens with zero attached hydrogens (tertiary/aromatic N) is 2. The molecule has 0 aromatic heterocycles. The molecule has 0 aliphatic carbocycles. The van der Waals surface area contributed by atoms with Crippen LogP contribution in [0.15, 0.2) is 24.3 Å². The Morgan fingerprint density at radius 1 is 1.26 bits per heavy atom. The minimum absolute atomic E-state index is 0.0394. The second-order valence-corrected chi connectivity index (χ2v) is 5.75. The number of hydrogen-bond acceptors (Lipinski definition) is 3. The molecule has 2 N–H and O–H groups in total. The van der Waals surface area contributed by atoms with Crippen LogP contribution >= 0.6 is 0 Å². The quantitative estimate of drug-likeness (QED) is 0.856. The molecule has 23 heavy (non-hydrogen) atoms. The number of halogens is 1. The van der Waals surface area contributed by atoms with E-state index in [0.717, 1.165) is 5.56 Å². The number of rotatable bonds is 5. The molecule has 1 heterocycles. The summed E-state index contributed by atoms with van der Waals surface area (Å²) in [7, 11) is 0. The Kier molecular flexibility index (Phi) is 5.31. The summed E-state index contributed by atoms with van der Waals surface area (Å²) < 4.78 is 12.9. The largest absolute Gasteiger partial charge is 0.368 e. The van der Waals surface area contributed by atoms with Gasteiger partial charge >= 0.3 is 0 Å². The van der Waals surface area contributed by atoms with Crippen molar-refractivity contribution < 1.29 is 18.8 Å². The third-order valence-electron chi connectivity index (χ3n) is 3.94. The van der Waals surface area contributed by atoms with Crippen LogP contribution in [0.2, 0.25) is 0 Å². The van der Waals surface area contributed by atoms with Crippen LogP contribution in [0.3, 0.4) is 0 Å². The molecule has 1 aliphatic rings. The highest BCUT2D eigenvalue weighted by Gasteiger charge is 2.28. The topological polar surface area (TPSA) is 83.7 Å². The molecule has 1 unspecified atom stereocenters. The van der Waals surface area contributed by atoms with Crippen molar-refractivity contribution in [2.75, 3.05) is 26.2 Å². The van der Waals surface area contributed by atoms with Crippen LogP contribution in [0.1, 0.15) is 24.8 Å². The Labute approximate surface area is 134 Å². The van der Waals surface area contributed by atoms with E-state index >= 15 is 0 Å². The highest BCUT2D eigenvalue weighted by Crippen LogP contribution is 2.20. The van der Waals surface area contributed by atoms with Gasteiger partial charge in [-0.25, -0.2) is 4.39 Å². The lowest BCUT2D eigenvalue weighted by molar-refractivity contribution is -0.146. The number of piperazine rings is 1. The first-order valence-electron chi connectivity index (χ1n) is 7.46. The molecule has 1 saturated heterocycles. The van der Waals surface area contributed by atoms with Crippen molar-refractivity contribution >= 4 is 17.7 Å². The molecule has 0 bridgehead atoms. The van der Waals surface area contributed by atoms with Gasteiger partial charge in [0.05, 0.1) is 13.1 Å². The van der Waals surface area contributed by atoms with Gasteiger partial charge in [0, 0.05) is 19.5 Å². The molecule has 2 rings (SSSR count). The lowest BCUT2D eigenvalue weighted by atomic mass is 9.97. The van der Waals surface area contributed by atoms with Gasteiger partial charge in [-0.1, -0.05) is 19.1 Å². The molecule has 3 amide bonds. The summed E-state index contributed by atoms with van der Waals surface area (Å²) >= 11 is 0. The summed E-state index contributed by atoms with van der Waals surface area (Å²) in [6, 6.07) is 6.04. The number of nitrogens with two attached hydrogens (primary N) is 1. The van der Waals surface area contributed by atoms with E-state index < -0.39 is 5.91 Å². The molecule has 1 aromatic carbocycles. The first kappa shape index (κ1) is 16.9. The predicted octanol–water partition coefficient (Wildman–Crippen LogP) is 0.475. The Bertz CT molecular complexity index is 603. The van der Waals surface area contributed by atoms with Crippen molar-refractivity contribution in [2.24, 2.45) is 5.73 Å². The molecule has 0 radical (unpaired) electrons. The van der Waals surface area contributed by atoms with Crippen molar-refractivity contribution in [3.8, 4) is 0 Å². The fourth-order valence-corrected chi connectivity index (χ4v) is 2.58. The van der Waals surface area contributed by atoms with Crippen LogP contribution in [-0.2, 0) is 14.4 Å². The molecular weight excluding hydrogens is 301 g/mol. The van der Waals surface area contributed by atoms with Crippen molar-refractivity contribution in [2.45, 2.75) is 19.3 Å². The normalized spacial score (nSPS) is 16.3. The number of carbonyl (C=O) groups excluding carboxylic acids is 3. The van der Waals surface area contributed by atoms with E-state index in [1.54, 1.807) is 12.1 Å². The van der Waals surface area contributed by atoms with Crippen molar-refractivity contribution in [1.29, 1.82) is 0 Å². The van der Waals surface area contributed by atoms with Gasteiger partial charge in [-0.2, -0.15) is 0 Å². The molecule has 7 heteroatoms. The second-order valence-electron chi connectivity index (χ2n) is 5.75. The smallest absolute Gasteiger partial charge is 0.242 e. The zero-order chi connectivity index (χ0) is 17.0. The second kappa shape index (κ2) is 7.21. The summed E-state index contributed by atoms with van der Waals surface area (Å²) in [5.74, 6) is -1.36. The Morgan fingerprint density at radius 3 is 2.48 bits per heavy atom. The van der Waals surface area contributed by atoms with Gasteiger partial charge in [-0.15, -0.1) is 0 Å². The van der Waals surface area contributed by atoms with Gasteiger partial charge in [0.1, 0.15) is 5.82 Å². The summed E-state index contributed by atoms with van der Waals surface area (Å²) in [4.78, 5) is 38.0. The van der Waals surface area contributed by atoms with E-state index in [0.29, 0.717) is 13.1 Å². The molecule has 6 nitrogen and oxygen atoms in total. The zero-order valence-corrected chi connectivity index (χ0v) is 13.0. The minimum atomic E-state index is -0.567. The van der Waals surface area contributed by atoms with E-state index in [2.05, 4.69) is 0 Å². The first-order chi connectivity index (χ1) is 10.9. The average Bonchev–Trinajstić information content (AvgIpc) is 2.49. The fourth-order valence-electron chi connectivity index (χ4n) is 2.58. The minimum Gasteiger partial charge on any atom is -0.368 e. The first-order valence-corrected chi connectivity index (χ1v) is 7.46. The Balaban J connectivity index is 1.90. The van der Waals surface area contributed by atoms with E-state index in [4.69, 9.17) is 5.73 Å². The van der Waals surface area contributed by atoms with Gasteiger partial charge in [-0.3, -0.25) is 14.4 Å². The van der Waals surface area contributed by atoms with Crippen LogP contribution in [0, 0.1) is 5.82 Å². The van der Waals surface area contributed by atoms with E-state index in [1.165, 1.54) is 21.9 Å². The van der Waals surface area contributed by atoms with Crippen molar-refractivity contribution in [3.05, 3.63) is 35.6 Å². The monoisotopic (exact) mass is 321 g/mol. The molecule has 124 valence electrons. The van der Waals surface area contributed by atoms with Crippen LogP contribution < -0.4 is 5.73 Å². The lowest BCUT2D eigenvalue weighted by Gasteiger charge is -2.34. The zero-order valence-electron chi connectivity index (χ0n) is 13.0. The predicted molar refractivity (Wildman–Crippen MR) is 81.8 cm³/mol. The molecule has 0 saturated carbocycles. The highest BCUT2D eigenvalue weighted by molar-refractivity contribution is 5.89. The molecule has 1 fully saturated rings. The van der Waals surface area contributed by atoms with Gasteiger partial charge in [-0.05, 0) is 23.6 Å². The number of primary amides is 1. The Hall–Kier alpha value is -2.44. The molecule has 1 aromatic rings. The fraction of sp³-hybridized carbons (Fsp3) is 0.438. The standard InChI is InChI=1S/C16H20FN3O3/c1-11(12-2-4-13(17)5-3-12)8-15(22)20-7-6-19(9-14(18)21)16(23)10-20/h2-5,11H,6-10H2,1H3,(H2,18,21). The highest BCUT2D eigenvalue weighted by atomic mass is 19.1. The van der Waals surface area contributed by atoms with Crippen LogP contribution in [0.4, 0.5) is 4.39 Å². The maximum absolute atomic E-state index is 12.9. The third-order valence-corrected chi connectivity index (χ3v) is 3.94. The average molecular weight is 321 g/mol. The van der Waals surface area contributed by atoms with Crippen LogP contribution in [-0.4, -0.2) is 53.7 Å². The number of hydrogen-bond donors (Lipinski definition) is 1. The van der Waals surface area contributed by atoms with Gasteiger partial charge in [0.15, 0.2) is 0 Å². The summed E-state index contributed by atoms with van der Waals surface area (Å²) in [5, 5.41) is 0. The third kappa shape index (κ3) is 4.51. The summed E-state index contributed by atoms with van der Waals surface area (Å²) in [6.07, 6.45) is 0.245.